The molecule has 67 heavy (non-hydrogen) atoms. The van der Waals surface area contributed by atoms with Gasteiger partial charge in [0, 0.05) is 53.7 Å². The minimum Gasteiger partial charge on any atom is -0.311 e. The second-order valence-electron chi connectivity index (χ2n) is 17.3. The Morgan fingerprint density at radius 1 is 0.284 bits per heavy atom. The molecule has 13 rings (SSSR count). The van der Waals surface area contributed by atoms with E-state index in [2.05, 4.69) is 264 Å². The quantitative estimate of drug-likeness (QED) is 0.148. The summed E-state index contributed by atoms with van der Waals surface area (Å²) >= 11 is 1.88. The standard InChI is InChI=1S/C64H42N2S/c1-2-13-54-47(11-1)12-9-17-55(54)48-25-23-43(24-26-48)44-27-35-50(36-28-44)65(52-41-33-49(34-42-52)56-18-10-19-60-59-16-5-8-22-63(59)67-64(56)60)51-37-29-45(30-38-51)46-31-39-53(40-32-46)66-61-20-6-3-14-57(61)58-15-4-7-21-62(58)66/h1-42H. The Labute approximate surface area is 393 Å². The molecule has 0 aliphatic rings. The van der Waals surface area contributed by atoms with Gasteiger partial charge in [-0.25, -0.2) is 0 Å². The number of hydrogen-bond acceptors (Lipinski definition) is 2. The third-order valence-electron chi connectivity index (χ3n) is 13.4. The van der Waals surface area contributed by atoms with E-state index in [-0.39, 0.29) is 0 Å². The van der Waals surface area contributed by atoms with Crippen molar-refractivity contribution in [1.82, 2.24) is 4.57 Å². The molecule has 0 fully saturated rings. The van der Waals surface area contributed by atoms with Crippen LogP contribution in [0.15, 0.2) is 255 Å². The maximum atomic E-state index is 2.37. The smallest absolute Gasteiger partial charge is 0.0541 e. The van der Waals surface area contributed by atoms with Gasteiger partial charge in [-0.1, -0.05) is 188 Å². The first-order valence-electron chi connectivity index (χ1n) is 22.9. The largest absolute Gasteiger partial charge is 0.311 e. The molecule has 0 aliphatic carbocycles. The van der Waals surface area contributed by atoms with Crippen LogP contribution in [0, 0.1) is 0 Å². The Bertz CT molecular complexity index is 3880. The van der Waals surface area contributed by atoms with Crippen LogP contribution in [0.5, 0.6) is 0 Å². The van der Waals surface area contributed by atoms with E-state index in [1.807, 2.05) is 11.3 Å². The van der Waals surface area contributed by atoms with Crippen LogP contribution in [-0.2, 0) is 0 Å². The van der Waals surface area contributed by atoms with Gasteiger partial charge in [0.2, 0.25) is 0 Å². The van der Waals surface area contributed by atoms with Crippen molar-refractivity contribution in [3.63, 3.8) is 0 Å². The highest BCUT2D eigenvalue weighted by atomic mass is 32.1. The Morgan fingerprint density at radius 2 is 0.687 bits per heavy atom. The molecule has 2 nitrogen and oxygen atoms in total. The number of anilines is 3. The minimum absolute atomic E-state index is 1.09. The third kappa shape index (κ3) is 6.79. The molecule has 0 saturated heterocycles. The van der Waals surface area contributed by atoms with Gasteiger partial charge in [0.15, 0.2) is 0 Å². The predicted molar refractivity (Wildman–Crippen MR) is 288 cm³/mol. The minimum atomic E-state index is 1.09. The fourth-order valence-corrected chi connectivity index (χ4v) is 11.4. The zero-order valence-corrected chi connectivity index (χ0v) is 37.4. The summed E-state index contributed by atoms with van der Waals surface area (Å²) in [4.78, 5) is 2.37. The van der Waals surface area contributed by atoms with Gasteiger partial charge < -0.3 is 9.47 Å². The van der Waals surface area contributed by atoms with Gasteiger partial charge in [-0.05, 0) is 122 Å². The molecule has 0 radical (unpaired) electrons. The van der Waals surface area contributed by atoms with Crippen molar-refractivity contribution in [3.05, 3.63) is 255 Å². The normalized spacial score (nSPS) is 11.6. The second kappa shape index (κ2) is 16.2. The van der Waals surface area contributed by atoms with E-state index in [1.165, 1.54) is 97.3 Å². The van der Waals surface area contributed by atoms with Gasteiger partial charge in [0.05, 0.1) is 11.0 Å². The van der Waals surface area contributed by atoms with Crippen LogP contribution in [0.1, 0.15) is 0 Å². The molecule has 3 heteroatoms. The molecule has 0 spiro atoms. The highest BCUT2D eigenvalue weighted by molar-refractivity contribution is 7.26. The first-order valence-corrected chi connectivity index (χ1v) is 23.7. The first-order chi connectivity index (χ1) is 33.2. The molecule has 0 unspecified atom stereocenters. The van der Waals surface area contributed by atoms with Crippen LogP contribution in [0.4, 0.5) is 17.1 Å². The van der Waals surface area contributed by atoms with E-state index in [1.54, 1.807) is 0 Å². The van der Waals surface area contributed by atoms with Crippen molar-refractivity contribution >= 4 is 81.1 Å². The monoisotopic (exact) mass is 870 g/mol. The van der Waals surface area contributed by atoms with Crippen LogP contribution < -0.4 is 4.90 Å². The van der Waals surface area contributed by atoms with E-state index >= 15 is 0 Å². The number of benzene rings is 11. The average Bonchev–Trinajstić information content (AvgIpc) is 3.96. The number of para-hydroxylation sites is 2. The van der Waals surface area contributed by atoms with Crippen molar-refractivity contribution in [2.24, 2.45) is 0 Å². The summed E-state index contributed by atoms with van der Waals surface area (Å²) in [5.74, 6) is 0. The molecule has 0 N–H and O–H groups in total. The number of nitrogens with zero attached hydrogens (tertiary/aromatic N) is 2. The lowest BCUT2D eigenvalue weighted by atomic mass is 9.96. The van der Waals surface area contributed by atoms with Crippen LogP contribution in [0.25, 0.3) is 103 Å². The van der Waals surface area contributed by atoms with Crippen molar-refractivity contribution in [3.8, 4) is 50.2 Å². The molecule has 0 aliphatic heterocycles. The lowest BCUT2D eigenvalue weighted by Crippen LogP contribution is -2.09. The Hall–Kier alpha value is -8.50. The molecule has 0 amide bonds. The predicted octanol–water partition coefficient (Wildman–Crippen LogP) is 18.4. The fourth-order valence-electron chi connectivity index (χ4n) is 10.1. The van der Waals surface area contributed by atoms with Crippen LogP contribution in [0.3, 0.4) is 0 Å². The Morgan fingerprint density at radius 3 is 1.30 bits per heavy atom. The van der Waals surface area contributed by atoms with Gasteiger partial charge >= 0.3 is 0 Å². The van der Waals surface area contributed by atoms with Crippen molar-refractivity contribution < 1.29 is 0 Å². The third-order valence-corrected chi connectivity index (χ3v) is 14.7. The van der Waals surface area contributed by atoms with Gasteiger partial charge in [-0.2, -0.15) is 0 Å². The van der Waals surface area contributed by atoms with Crippen LogP contribution in [-0.4, -0.2) is 4.57 Å². The number of hydrogen-bond donors (Lipinski definition) is 0. The lowest BCUT2D eigenvalue weighted by molar-refractivity contribution is 1.18. The Kier molecular flexibility index (Phi) is 9.40. The number of aromatic nitrogens is 1. The topological polar surface area (TPSA) is 8.17 Å². The zero-order chi connectivity index (χ0) is 44.3. The summed E-state index contributed by atoms with van der Waals surface area (Å²) in [6.45, 7) is 0. The SMILES string of the molecule is c1ccc2c(-c3ccc(-c4ccc(N(c5ccc(-c6ccc(-n7c8ccccc8c8ccccc87)cc6)cc5)c5ccc(-c6cccc7c6sc6ccccc67)cc5)cc4)cc3)cccc2c1. The fraction of sp³-hybridized carbons (Fsp3) is 0. The summed E-state index contributed by atoms with van der Waals surface area (Å²) in [6.07, 6.45) is 0. The van der Waals surface area contributed by atoms with Gasteiger partial charge in [-0.15, -0.1) is 11.3 Å². The second-order valence-corrected chi connectivity index (χ2v) is 18.3. The maximum Gasteiger partial charge on any atom is 0.0541 e. The van der Waals surface area contributed by atoms with Crippen LogP contribution >= 0.6 is 11.3 Å². The number of rotatable bonds is 8. The van der Waals surface area contributed by atoms with Gasteiger partial charge in [0.25, 0.3) is 0 Å². The summed E-state index contributed by atoms with van der Waals surface area (Å²) in [7, 11) is 0. The van der Waals surface area contributed by atoms with E-state index < -0.39 is 0 Å². The molecular weight excluding hydrogens is 829 g/mol. The first kappa shape index (κ1) is 38.9. The molecule has 0 bridgehead atoms. The lowest BCUT2D eigenvalue weighted by Gasteiger charge is -2.26. The van der Waals surface area contributed by atoms with E-state index in [9.17, 15) is 0 Å². The molecule has 11 aromatic carbocycles. The summed E-state index contributed by atoms with van der Waals surface area (Å²) < 4.78 is 5.02. The molecule has 13 aromatic rings. The van der Waals surface area contributed by atoms with E-state index in [0.717, 1.165) is 22.7 Å². The molecule has 314 valence electrons. The van der Waals surface area contributed by atoms with Crippen molar-refractivity contribution in [2.75, 3.05) is 4.90 Å². The van der Waals surface area contributed by atoms with Crippen molar-refractivity contribution in [2.45, 2.75) is 0 Å². The van der Waals surface area contributed by atoms with Crippen molar-refractivity contribution in [1.29, 1.82) is 0 Å². The van der Waals surface area contributed by atoms with E-state index in [4.69, 9.17) is 0 Å². The zero-order valence-electron chi connectivity index (χ0n) is 36.6. The molecular formula is C64H42N2S. The van der Waals surface area contributed by atoms with Gasteiger partial charge in [0.1, 0.15) is 0 Å². The maximum absolute atomic E-state index is 2.37. The highest BCUT2D eigenvalue weighted by Crippen LogP contribution is 2.42. The van der Waals surface area contributed by atoms with Gasteiger partial charge in [-0.3, -0.25) is 0 Å². The molecule has 2 heterocycles. The summed E-state index contributed by atoms with van der Waals surface area (Å²) in [5.41, 5.74) is 16.5. The summed E-state index contributed by atoms with van der Waals surface area (Å²) in [5, 5.41) is 7.70. The average molecular weight is 871 g/mol. The van der Waals surface area contributed by atoms with E-state index in [0.29, 0.717) is 0 Å². The summed E-state index contributed by atoms with van der Waals surface area (Å²) in [6, 6.07) is 93.0. The molecule has 0 saturated carbocycles. The van der Waals surface area contributed by atoms with Crippen LogP contribution in [0.2, 0.25) is 0 Å². The molecule has 2 aromatic heterocycles. The Balaban J connectivity index is 0.841. The number of fused-ring (bicyclic) bond motifs is 7. The number of thiophene rings is 1. The molecule has 0 atom stereocenters. The highest BCUT2D eigenvalue weighted by Gasteiger charge is 2.17.